The van der Waals surface area contributed by atoms with E-state index in [2.05, 4.69) is 5.32 Å². The molecule has 1 atom stereocenters. The lowest BCUT2D eigenvalue weighted by Crippen LogP contribution is -2.45. The summed E-state index contributed by atoms with van der Waals surface area (Å²) in [5.74, 6) is 0.159. The van der Waals surface area contributed by atoms with Crippen LogP contribution in [0.2, 0.25) is 0 Å². The molecule has 0 radical (unpaired) electrons. The molecule has 1 heterocycles. The van der Waals surface area contributed by atoms with Crippen LogP contribution < -0.4 is 10.1 Å². The SMILES string of the molecule is COc1ccc([C@H](CC#N)N2CCNCC2)c(C(F)(F)F)c1. The van der Waals surface area contributed by atoms with Gasteiger partial charge >= 0.3 is 6.18 Å². The largest absolute Gasteiger partial charge is 0.497 e. The standard InChI is InChI=1S/C15H18F3N3O/c1-22-11-2-3-12(13(10-11)15(16,17)18)14(4-5-19)21-8-6-20-7-9-21/h2-3,10,14,20H,4,6-9H2,1H3/t14-/m0/s1. The summed E-state index contributed by atoms with van der Waals surface area (Å²) in [6, 6.07) is 5.38. The number of ether oxygens (including phenoxy) is 1. The molecule has 1 N–H and O–H groups in total. The van der Waals surface area contributed by atoms with Crippen LogP contribution >= 0.6 is 0 Å². The molecule has 120 valence electrons. The zero-order valence-corrected chi connectivity index (χ0v) is 12.3. The number of piperazine rings is 1. The number of nitriles is 1. The Kier molecular flexibility index (Phi) is 5.27. The van der Waals surface area contributed by atoms with Crippen molar-refractivity contribution in [1.82, 2.24) is 10.2 Å². The lowest BCUT2D eigenvalue weighted by Gasteiger charge is -2.35. The van der Waals surface area contributed by atoms with Crippen molar-refractivity contribution >= 4 is 0 Å². The average molecular weight is 313 g/mol. The molecule has 0 spiro atoms. The smallest absolute Gasteiger partial charge is 0.416 e. The second kappa shape index (κ2) is 6.99. The minimum Gasteiger partial charge on any atom is -0.497 e. The van der Waals surface area contributed by atoms with E-state index in [9.17, 15) is 13.2 Å². The predicted octanol–water partition coefficient (Wildman–Crippen LogP) is 2.57. The molecule has 0 unspecified atom stereocenters. The summed E-state index contributed by atoms with van der Waals surface area (Å²) in [6.45, 7) is 2.66. The van der Waals surface area contributed by atoms with Gasteiger partial charge in [-0.1, -0.05) is 6.07 Å². The predicted molar refractivity (Wildman–Crippen MR) is 75.4 cm³/mol. The van der Waals surface area contributed by atoms with Gasteiger partial charge in [0.25, 0.3) is 0 Å². The van der Waals surface area contributed by atoms with E-state index in [4.69, 9.17) is 10.00 Å². The van der Waals surface area contributed by atoms with Gasteiger partial charge in [-0.05, 0) is 17.7 Å². The lowest BCUT2D eigenvalue weighted by molar-refractivity contribution is -0.138. The van der Waals surface area contributed by atoms with Gasteiger partial charge in [0.2, 0.25) is 0 Å². The Labute approximate surface area is 127 Å². The van der Waals surface area contributed by atoms with E-state index in [1.54, 1.807) is 0 Å². The van der Waals surface area contributed by atoms with Crippen molar-refractivity contribution < 1.29 is 17.9 Å². The van der Waals surface area contributed by atoms with Crippen molar-refractivity contribution in [2.24, 2.45) is 0 Å². The second-order valence-electron chi connectivity index (χ2n) is 5.11. The summed E-state index contributed by atoms with van der Waals surface area (Å²) in [7, 11) is 1.33. The third-order valence-electron chi connectivity index (χ3n) is 3.80. The van der Waals surface area contributed by atoms with Crippen LogP contribution in [0.1, 0.15) is 23.6 Å². The highest BCUT2D eigenvalue weighted by Crippen LogP contribution is 2.39. The third-order valence-corrected chi connectivity index (χ3v) is 3.80. The zero-order chi connectivity index (χ0) is 16.2. The van der Waals surface area contributed by atoms with Crippen molar-refractivity contribution in [3.63, 3.8) is 0 Å². The Morgan fingerprint density at radius 1 is 1.36 bits per heavy atom. The van der Waals surface area contributed by atoms with E-state index < -0.39 is 17.8 Å². The van der Waals surface area contributed by atoms with E-state index in [1.807, 2.05) is 11.0 Å². The number of rotatable bonds is 4. The van der Waals surface area contributed by atoms with Gasteiger partial charge in [-0.3, -0.25) is 4.90 Å². The first-order valence-corrected chi connectivity index (χ1v) is 7.04. The van der Waals surface area contributed by atoms with Crippen molar-refractivity contribution in [2.75, 3.05) is 33.3 Å². The summed E-state index contributed by atoms with van der Waals surface area (Å²) in [5, 5.41) is 12.2. The van der Waals surface area contributed by atoms with E-state index in [1.165, 1.54) is 19.2 Å². The van der Waals surface area contributed by atoms with Crippen LogP contribution in [0.15, 0.2) is 18.2 Å². The molecule has 0 aliphatic carbocycles. The highest BCUT2D eigenvalue weighted by atomic mass is 19.4. The van der Waals surface area contributed by atoms with Gasteiger partial charge in [-0.15, -0.1) is 0 Å². The molecule has 4 nitrogen and oxygen atoms in total. The van der Waals surface area contributed by atoms with Gasteiger partial charge < -0.3 is 10.1 Å². The minimum atomic E-state index is -4.48. The number of benzene rings is 1. The first-order chi connectivity index (χ1) is 10.5. The molecule has 1 aromatic carbocycles. The van der Waals surface area contributed by atoms with Gasteiger partial charge in [-0.25, -0.2) is 0 Å². The second-order valence-corrected chi connectivity index (χ2v) is 5.11. The molecule has 0 amide bonds. The Bertz CT molecular complexity index is 548. The molecular formula is C15H18F3N3O. The maximum Gasteiger partial charge on any atom is 0.416 e. The normalized spacial score (nSPS) is 17.8. The van der Waals surface area contributed by atoms with E-state index in [-0.39, 0.29) is 17.7 Å². The molecule has 2 rings (SSSR count). The molecule has 1 aliphatic heterocycles. The van der Waals surface area contributed by atoms with Crippen LogP contribution in [-0.4, -0.2) is 38.2 Å². The summed E-state index contributed by atoms with van der Waals surface area (Å²) < 4.78 is 45.0. The number of methoxy groups -OCH3 is 1. The number of nitrogens with zero attached hydrogens (tertiary/aromatic N) is 2. The molecule has 1 saturated heterocycles. The van der Waals surface area contributed by atoms with Crippen LogP contribution in [0.4, 0.5) is 13.2 Å². The topological polar surface area (TPSA) is 48.3 Å². The van der Waals surface area contributed by atoms with Crippen LogP contribution in [0.3, 0.4) is 0 Å². The van der Waals surface area contributed by atoms with Gasteiger partial charge in [0.1, 0.15) is 5.75 Å². The zero-order valence-electron chi connectivity index (χ0n) is 12.3. The Balaban J connectivity index is 2.44. The highest BCUT2D eigenvalue weighted by Gasteiger charge is 2.37. The first kappa shape index (κ1) is 16.6. The highest BCUT2D eigenvalue weighted by molar-refractivity contribution is 5.40. The monoisotopic (exact) mass is 313 g/mol. The van der Waals surface area contributed by atoms with E-state index in [0.29, 0.717) is 26.2 Å². The number of hydrogen-bond donors (Lipinski definition) is 1. The molecule has 1 fully saturated rings. The van der Waals surface area contributed by atoms with Crippen LogP contribution in [0, 0.1) is 11.3 Å². The molecular weight excluding hydrogens is 295 g/mol. The Morgan fingerprint density at radius 3 is 2.59 bits per heavy atom. The number of nitrogens with one attached hydrogen (secondary N) is 1. The van der Waals surface area contributed by atoms with Gasteiger partial charge in [0, 0.05) is 32.2 Å². The quantitative estimate of drug-likeness (QED) is 0.928. The molecule has 22 heavy (non-hydrogen) atoms. The molecule has 1 aliphatic rings. The van der Waals surface area contributed by atoms with Crippen molar-refractivity contribution in [2.45, 2.75) is 18.6 Å². The maximum absolute atomic E-state index is 13.4. The number of alkyl halides is 3. The molecule has 1 aromatic rings. The van der Waals surface area contributed by atoms with Crippen molar-refractivity contribution in [1.29, 1.82) is 5.26 Å². The molecule has 7 heteroatoms. The molecule has 0 aromatic heterocycles. The minimum absolute atomic E-state index is 0.0232. The number of hydrogen-bond acceptors (Lipinski definition) is 4. The fourth-order valence-electron chi connectivity index (χ4n) is 2.71. The van der Waals surface area contributed by atoms with Crippen molar-refractivity contribution in [3.05, 3.63) is 29.3 Å². The molecule has 0 bridgehead atoms. The summed E-state index contributed by atoms with van der Waals surface area (Å²) >= 11 is 0. The van der Waals surface area contributed by atoms with Gasteiger partial charge in [0.15, 0.2) is 0 Å². The average Bonchev–Trinajstić information content (AvgIpc) is 2.52. The van der Waals surface area contributed by atoms with E-state index >= 15 is 0 Å². The Hall–Kier alpha value is -1.78. The van der Waals surface area contributed by atoms with Gasteiger partial charge in [-0.2, -0.15) is 18.4 Å². The van der Waals surface area contributed by atoms with Crippen LogP contribution in [-0.2, 0) is 6.18 Å². The number of halogens is 3. The summed E-state index contributed by atoms with van der Waals surface area (Å²) in [4.78, 5) is 1.93. The fourth-order valence-corrected chi connectivity index (χ4v) is 2.71. The fraction of sp³-hybridized carbons (Fsp3) is 0.533. The summed E-state index contributed by atoms with van der Waals surface area (Å²) in [6.07, 6.45) is -4.46. The van der Waals surface area contributed by atoms with Crippen LogP contribution in [0.5, 0.6) is 5.75 Å². The Morgan fingerprint density at radius 2 is 2.05 bits per heavy atom. The first-order valence-electron chi connectivity index (χ1n) is 7.04. The third kappa shape index (κ3) is 3.70. The maximum atomic E-state index is 13.4. The van der Waals surface area contributed by atoms with Crippen LogP contribution in [0.25, 0.3) is 0 Å². The van der Waals surface area contributed by atoms with E-state index in [0.717, 1.165) is 6.07 Å². The molecule has 0 saturated carbocycles. The lowest BCUT2D eigenvalue weighted by atomic mass is 9.95. The summed E-state index contributed by atoms with van der Waals surface area (Å²) in [5.41, 5.74) is -0.595. The van der Waals surface area contributed by atoms with Gasteiger partial charge in [0.05, 0.1) is 25.2 Å². The van der Waals surface area contributed by atoms with Crippen molar-refractivity contribution in [3.8, 4) is 11.8 Å².